The van der Waals surface area contributed by atoms with Gasteiger partial charge in [-0.15, -0.1) is 0 Å². The Kier molecular flexibility index (Phi) is 2.33. The van der Waals surface area contributed by atoms with Crippen molar-refractivity contribution in [1.29, 1.82) is 0 Å². The lowest BCUT2D eigenvalue weighted by molar-refractivity contribution is 0.786. The minimum Gasteiger partial charge on any atom is -0.322 e. The van der Waals surface area contributed by atoms with Crippen LogP contribution in [-0.2, 0) is 13.5 Å². The molecule has 0 atom stereocenters. The van der Waals surface area contributed by atoms with Crippen LogP contribution in [0.5, 0.6) is 0 Å². The SMILES string of the molecule is CCCc1cnc(Cl)n1C. The summed E-state index contributed by atoms with van der Waals surface area (Å²) in [5.74, 6) is 0. The third-order valence-corrected chi connectivity index (χ3v) is 1.88. The van der Waals surface area contributed by atoms with E-state index in [9.17, 15) is 0 Å². The standard InChI is InChI=1S/C7H11ClN2/c1-3-4-6-5-9-7(8)10(6)2/h5H,3-4H2,1-2H3. The first-order valence-corrected chi connectivity index (χ1v) is 3.79. The van der Waals surface area contributed by atoms with Crippen molar-refractivity contribution in [3.05, 3.63) is 17.2 Å². The van der Waals surface area contributed by atoms with E-state index in [-0.39, 0.29) is 0 Å². The quantitative estimate of drug-likeness (QED) is 0.644. The maximum Gasteiger partial charge on any atom is 0.202 e. The van der Waals surface area contributed by atoms with Gasteiger partial charge in [0.25, 0.3) is 0 Å². The van der Waals surface area contributed by atoms with E-state index in [4.69, 9.17) is 11.6 Å². The second-order valence-electron chi connectivity index (χ2n) is 2.33. The minimum absolute atomic E-state index is 0.573. The molecular formula is C7H11ClN2. The van der Waals surface area contributed by atoms with Crippen molar-refractivity contribution in [2.75, 3.05) is 0 Å². The van der Waals surface area contributed by atoms with E-state index in [0.29, 0.717) is 5.28 Å². The van der Waals surface area contributed by atoms with Gasteiger partial charge in [0.1, 0.15) is 0 Å². The summed E-state index contributed by atoms with van der Waals surface area (Å²) in [4.78, 5) is 3.96. The van der Waals surface area contributed by atoms with Crippen molar-refractivity contribution in [3.63, 3.8) is 0 Å². The lowest BCUT2D eigenvalue weighted by Gasteiger charge is -1.98. The highest BCUT2D eigenvalue weighted by molar-refractivity contribution is 6.28. The third kappa shape index (κ3) is 1.32. The van der Waals surface area contributed by atoms with Crippen molar-refractivity contribution in [2.45, 2.75) is 19.8 Å². The molecule has 0 aliphatic rings. The highest BCUT2D eigenvalue weighted by Gasteiger charge is 2.00. The summed E-state index contributed by atoms with van der Waals surface area (Å²) in [7, 11) is 1.93. The molecule has 2 nitrogen and oxygen atoms in total. The Balaban J connectivity index is 2.83. The molecule has 0 aliphatic carbocycles. The Morgan fingerprint density at radius 2 is 2.40 bits per heavy atom. The Hall–Kier alpha value is -0.500. The fraction of sp³-hybridized carbons (Fsp3) is 0.571. The summed E-state index contributed by atoms with van der Waals surface area (Å²) in [6, 6.07) is 0. The van der Waals surface area contributed by atoms with Crippen molar-refractivity contribution < 1.29 is 0 Å². The maximum atomic E-state index is 5.72. The zero-order valence-electron chi connectivity index (χ0n) is 6.26. The van der Waals surface area contributed by atoms with E-state index in [1.807, 2.05) is 17.8 Å². The number of hydrogen-bond donors (Lipinski definition) is 0. The van der Waals surface area contributed by atoms with Crippen LogP contribution in [0.4, 0.5) is 0 Å². The fourth-order valence-corrected chi connectivity index (χ4v) is 1.07. The molecule has 0 aromatic carbocycles. The molecule has 0 spiro atoms. The summed E-state index contributed by atoms with van der Waals surface area (Å²) in [5.41, 5.74) is 1.20. The summed E-state index contributed by atoms with van der Waals surface area (Å²) < 4.78 is 1.91. The van der Waals surface area contributed by atoms with E-state index in [2.05, 4.69) is 11.9 Å². The van der Waals surface area contributed by atoms with E-state index < -0.39 is 0 Å². The monoisotopic (exact) mass is 158 g/mol. The first-order valence-electron chi connectivity index (χ1n) is 3.41. The van der Waals surface area contributed by atoms with Gasteiger partial charge < -0.3 is 4.57 Å². The Morgan fingerprint density at radius 1 is 1.70 bits per heavy atom. The third-order valence-electron chi connectivity index (χ3n) is 1.53. The van der Waals surface area contributed by atoms with Crippen LogP contribution < -0.4 is 0 Å². The van der Waals surface area contributed by atoms with E-state index in [1.54, 1.807) is 0 Å². The molecule has 0 unspecified atom stereocenters. The second kappa shape index (κ2) is 3.06. The molecule has 0 bridgehead atoms. The molecule has 0 saturated heterocycles. The van der Waals surface area contributed by atoms with Gasteiger partial charge >= 0.3 is 0 Å². The van der Waals surface area contributed by atoms with Crippen LogP contribution in [0.1, 0.15) is 19.0 Å². The molecule has 56 valence electrons. The molecule has 0 radical (unpaired) electrons. The Labute approximate surface area is 65.8 Å². The summed E-state index contributed by atoms with van der Waals surface area (Å²) >= 11 is 5.72. The van der Waals surface area contributed by atoms with Crippen LogP contribution in [0.3, 0.4) is 0 Å². The number of aromatic nitrogens is 2. The van der Waals surface area contributed by atoms with Gasteiger partial charge in [-0.25, -0.2) is 4.98 Å². The molecule has 10 heavy (non-hydrogen) atoms. The van der Waals surface area contributed by atoms with E-state index in [0.717, 1.165) is 12.8 Å². The molecule has 1 aromatic rings. The van der Waals surface area contributed by atoms with Crippen molar-refractivity contribution in [2.24, 2.45) is 7.05 Å². The largest absolute Gasteiger partial charge is 0.322 e. The van der Waals surface area contributed by atoms with Gasteiger partial charge in [0.15, 0.2) is 0 Å². The van der Waals surface area contributed by atoms with Crippen LogP contribution in [0.25, 0.3) is 0 Å². The number of halogens is 1. The number of rotatable bonds is 2. The van der Waals surface area contributed by atoms with Crippen LogP contribution in [0.15, 0.2) is 6.20 Å². The number of aryl methyl sites for hydroxylation is 1. The van der Waals surface area contributed by atoms with Crippen LogP contribution in [-0.4, -0.2) is 9.55 Å². The molecule has 0 N–H and O–H groups in total. The van der Waals surface area contributed by atoms with Gasteiger partial charge in [-0.3, -0.25) is 0 Å². The van der Waals surface area contributed by atoms with Gasteiger partial charge in [-0.1, -0.05) is 13.3 Å². The van der Waals surface area contributed by atoms with Crippen LogP contribution in [0, 0.1) is 0 Å². The maximum absolute atomic E-state index is 5.72. The average Bonchev–Trinajstić information content (AvgIpc) is 2.20. The van der Waals surface area contributed by atoms with Crippen LogP contribution >= 0.6 is 11.6 Å². The molecule has 1 aromatic heterocycles. The van der Waals surface area contributed by atoms with Gasteiger partial charge in [-0.05, 0) is 18.0 Å². The number of imidazole rings is 1. The van der Waals surface area contributed by atoms with Gasteiger partial charge in [0.05, 0.1) is 0 Å². The summed E-state index contributed by atoms with van der Waals surface area (Å²) in [6.45, 7) is 2.14. The topological polar surface area (TPSA) is 17.8 Å². The molecular weight excluding hydrogens is 148 g/mol. The van der Waals surface area contributed by atoms with Crippen molar-refractivity contribution in [3.8, 4) is 0 Å². The first kappa shape index (κ1) is 7.61. The fourth-order valence-electron chi connectivity index (χ4n) is 0.908. The predicted molar refractivity (Wildman–Crippen MR) is 42.2 cm³/mol. The van der Waals surface area contributed by atoms with E-state index in [1.165, 1.54) is 5.69 Å². The van der Waals surface area contributed by atoms with E-state index >= 15 is 0 Å². The Bertz CT molecular complexity index is 217. The smallest absolute Gasteiger partial charge is 0.202 e. The Morgan fingerprint density at radius 3 is 2.80 bits per heavy atom. The number of hydrogen-bond acceptors (Lipinski definition) is 1. The molecule has 1 rings (SSSR count). The second-order valence-corrected chi connectivity index (χ2v) is 2.67. The molecule has 0 amide bonds. The first-order chi connectivity index (χ1) is 4.75. The zero-order valence-corrected chi connectivity index (χ0v) is 7.02. The lowest BCUT2D eigenvalue weighted by atomic mass is 10.3. The van der Waals surface area contributed by atoms with Gasteiger partial charge in [0.2, 0.25) is 5.28 Å². The summed E-state index contributed by atoms with van der Waals surface area (Å²) in [6.07, 6.45) is 4.01. The van der Waals surface area contributed by atoms with Gasteiger partial charge in [-0.2, -0.15) is 0 Å². The average molecular weight is 159 g/mol. The normalized spacial score (nSPS) is 10.3. The van der Waals surface area contributed by atoms with Crippen molar-refractivity contribution >= 4 is 11.6 Å². The number of nitrogens with zero attached hydrogens (tertiary/aromatic N) is 2. The molecule has 0 fully saturated rings. The molecule has 3 heteroatoms. The van der Waals surface area contributed by atoms with Gasteiger partial charge in [0, 0.05) is 18.9 Å². The zero-order chi connectivity index (χ0) is 7.56. The minimum atomic E-state index is 0.573. The predicted octanol–water partition coefficient (Wildman–Crippen LogP) is 2.03. The molecule has 0 aliphatic heterocycles. The van der Waals surface area contributed by atoms with Crippen LogP contribution in [0.2, 0.25) is 5.28 Å². The van der Waals surface area contributed by atoms with Crippen molar-refractivity contribution in [1.82, 2.24) is 9.55 Å². The molecule has 0 saturated carbocycles. The lowest BCUT2D eigenvalue weighted by Crippen LogP contribution is -1.94. The highest BCUT2D eigenvalue weighted by atomic mass is 35.5. The summed E-state index contributed by atoms with van der Waals surface area (Å²) in [5, 5.41) is 0.573. The highest BCUT2D eigenvalue weighted by Crippen LogP contribution is 2.09. The molecule has 1 heterocycles.